The lowest BCUT2D eigenvalue weighted by atomic mass is 10.3. The highest BCUT2D eigenvalue weighted by Gasteiger charge is 1.80. The van der Waals surface area contributed by atoms with Gasteiger partial charge in [-0.25, -0.2) is 0 Å². The van der Waals surface area contributed by atoms with E-state index in [-0.39, 0.29) is 13.2 Å². The fourth-order valence-electron chi connectivity index (χ4n) is 0.595. The molecule has 0 aliphatic carbocycles. The van der Waals surface area contributed by atoms with E-state index in [1.165, 1.54) is 0 Å². The van der Waals surface area contributed by atoms with Gasteiger partial charge in [-0.05, 0) is 37.8 Å². The summed E-state index contributed by atoms with van der Waals surface area (Å²) in [5, 5.41) is 19.7. The predicted octanol–water partition coefficient (Wildman–Crippen LogP) is 0.787. The number of azide groups is 1. The Balaban J connectivity index is 0. The summed E-state index contributed by atoms with van der Waals surface area (Å²) in [6, 6.07) is 0. The van der Waals surface area contributed by atoms with Crippen molar-refractivity contribution in [1.29, 1.82) is 0 Å². The lowest BCUT2D eigenvalue weighted by Crippen LogP contribution is -1.98. The van der Waals surface area contributed by atoms with E-state index >= 15 is 0 Å². The van der Waals surface area contributed by atoms with Crippen LogP contribution in [0.5, 0.6) is 0 Å². The number of nitrogens with zero attached hydrogens (tertiary/aromatic N) is 3. The Bertz CT molecular complexity index is 133. The zero-order valence-corrected chi connectivity index (χ0v) is 8.47. The molecule has 6 heteroatoms. The van der Waals surface area contributed by atoms with E-state index in [0.29, 0.717) is 13.1 Å². The van der Waals surface area contributed by atoms with Crippen LogP contribution in [-0.2, 0) is 0 Å². The number of aliphatic hydroxyl groups excluding tert-OH is 2. The number of aliphatic hydroxyl groups is 2. The summed E-state index contributed by atoms with van der Waals surface area (Å²) in [5.74, 6) is 0. The highest BCUT2D eigenvalue weighted by molar-refractivity contribution is 4.45. The smallest absolute Gasteiger partial charge is 0.0431 e. The molecule has 0 aromatic carbocycles. The second-order valence-electron chi connectivity index (χ2n) is 2.60. The van der Waals surface area contributed by atoms with Crippen molar-refractivity contribution < 1.29 is 10.2 Å². The van der Waals surface area contributed by atoms with E-state index in [9.17, 15) is 0 Å². The molecule has 0 unspecified atom stereocenters. The number of rotatable bonds is 7. The summed E-state index contributed by atoms with van der Waals surface area (Å²) in [6.45, 7) is 1.65. The Hall–Kier alpha value is -0.810. The molecule has 14 heavy (non-hydrogen) atoms. The highest BCUT2D eigenvalue weighted by atomic mass is 16.3. The normalized spacial score (nSPS) is 8.50. The third-order valence-electron chi connectivity index (χ3n) is 1.34. The van der Waals surface area contributed by atoms with Gasteiger partial charge in [-0.2, -0.15) is 0 Å². The zero-order valence-electron chi connectivity index (χ0n) is 8.47. The van der Waals surface area contributed by atoms with Crippen molar-refractivity contribution in [3.8, 4) is 0 Å². The molecule has 0 fully saturated rings. The van der Waals surface area contributed by atoms with Gasteiger partial charge >= 0.3 is 0 Å². The van der Waals surface area contributed by atoms with Gasteiger partial charge in [0.2, 0.25) is 0 Å². The van der Waals surface area contributed by atoms with Crippen LogP contribution in [0.2, 0.25) is 0 Å². The molecule has 0 bridgehead atoms. The van der Waals surface area contributed by atoms with Crippen molar-refractivity contribution >= 4 is 0 Å². The molecule has 4 N–H and O–H groups in total. The van der Waals surface area contributed by atoms with E-state index < -0.39 is 0 Å². The van der Waals surface area contributed by atoms with E-state index in [2.05, 4.69) is 10.0 Å². The molecule has 84 valence electrons. The van der Waals surface area contributed by atoms with Gasteiger partial charge in [0.1, 0.15) is 0 Å². The van der Waals surface area contributed by atoms with E-state index in [1.54, 1.807) is 0 Å². The van der Waals surface area contributed by atoms with E-state index in [1.807, 2.05) is 0 Å². The van der Waals surface area contributed by atoms with Crippen LogP contribution < -0.4 is 5.73 Å². The number of hydrogen-bond acceptors (Lipinski definition) is 4. The summed E-state index contributed by atoms with van der Waals surface area (Å²) in [7, 11) is 0. The molecule has 0 radical (unpaired) electrons. The monoisotopic (exact) mass is 204 g/mol. The molecule has 0 heterocycles. The van der Waals surface area contributed by atoms with Gasteiger partial charge in [-0.15, -0.1) is 0 Å². The van der Waals surface area contributed by atoms with E-state index in [4.69, 9.17) is 21.5 Å². The van der Waals surface area contributed by atoms with Crippen molar-refractivity contribution in [3.05, 3.63) is 10.4 Å². The van der Waals surface area contributed by atoms with Gasteiger partial charge in [0.15, 0.2) is 0 Å². The molecule has 6 nitrogen and oxygen atoms in total. The first kappa shape index (κ1) is 15.7. The van der Waals surface area contributed by atoms with Crippen molar-refractivity contribution in [2.45, 2.75) is 25.7 Å². The minimum absolute atomic E-state index is 0.181. The molecule has 0 saturated heterocycles. The lowest BCUT2D eigenvalue weighted by molar-refractivity contribution is 0.285. The Morgan fingerprint density at radius 2 is 1.64 bits per heavy atom. The minimum Gasteiger partial charge on any atom is -0.396 e. The highest BCUT2D eigenvalue weighted by Crippen LogP contribution is 1.86. The van der Waals surface area contributed by atoms with Gasteiger partial charge in [0, 0.05) is 24.7 Å². The third-order valence-corrected chi connectivity index (χ3v) is 1.34. The molecular formula is C8H20N4O2. The molecule has 0 rings (SSSR count). The second-order valence-corrected chi connectivity index (χ2v) is 2.60. The average Bonchev–Trinajstić information content (AvgIpc) is 2.22. The summed E-state index contributed by atoms with van der Waals surface area (Å²) in [5.41, 5.74) is 12.9. The molecule has 0 spiro atoms. The fourth-order valence-corrected chi connectivity index (χ4v) is 0.595. The van der Waals surface area contributed by atoms with Crippen molar-refractivity contribution in [2.75, 3.05) is 26.3 Å². The summed E-state index contributed by atoms with van der Waals surface area (Å²) in [6.07, 6.45) is 3.28. The van der Waals surface area contributed by atoms with Crippen LogP contribution in [-0.4, -0.2) is 36.5 Å². The standard InChI is InChI=1S/C4H9N3O.C4H11NO/c5-7-6-3-1-2-4-8;5-3-1-2-4-6/h8H,1-4H2;6H,1-5H2. The van der Waals surface area contributed by atoms with Crippen LogP contribution in [0, 0.1) is 0 Å². The molecule has 0 aromatic rings. The maximum atomic E-state index is 8.23. The molecule has 0 aromatic heterocycles. The first-order valence-corrected chi connectivity index (χ1v) is 4.76. The van der Waals surface area contributed by atoms with Gasteiger partial charge in [-0.1, -0.05) is 5.11 Å². The summed E-state index contributed by atoms with van der Waals surface area (Å²) < 4.78 is 0. The van der Waals surface area contributed by atoms with Crippen LogP contribution >= 0.6 is 0 Å². The molecule has 0 aliphatic heterocycles. The minimum atomic E-state index is 0.181. The Kier molecular flexibility index (Phi) is 20.2. The van der Waals surface area contributed by atoms with Gasteiger partial charge in [-0.3, -0.25) is 0 Å². The fraction of sp³-hybridized carbons (Fsp3) is 1.00. The first-order valence-electron chi connectivity index (χ1n) is 4.76. The molecule has 0 saturated carbocycles. The largest absolute Gasteiger partial charge is 0.396 e. The van der Waals surface area contributed by atoms with Gasteiger partial charge in [0.25, 0.3) is 0 Å². The van der Waals surface area contributed by atoms with Crippen molar-refractivity contribution in [1.82, 2.24) is 0 Å². The van der Waals surface area contributed by atoms with E-state index in [0.717, 1.165) is 25.7 Å². The van der Waals surface area contributed by atoms with Crippen LogP contribution in [0.3, 0.4) is 0 Å². The maximum absolute atomic E-state index is 8.23. The number of nitrogens with two attached hydrogens (primary N) is 1. The average molecular weight is 204 g/mol. The van der Waals surface area contributed by atoms with Crippen molar-refractivity contribution in [3.63, 3.8) is 0 Å². The van der Waals surface area contributed by atoms with Crippen LogP contribution in [0.15, 0.2) is 5.11 Å². The number of unbranched alkanes of at least 4 members (excludes halogenated alkanes) is 2. The van der Waals surface area contributed by atoms with Crippen LogP contribution in [0.1, 0.15) is 25.7 Å². The van der Waals surface area contributed by atoms with Crippen LogP contribution in [0.25, 0.3) is 10.4 Å². The SMILES string of the molecule is NCCCCO.[N-]=[N+]=NCCCCO. The second kappa shape index (κ2) is 18.1. The molecule has 0 atom stereocenters. The topological polar surface area (TPSA) is 115 Å². The van der Waals surface area contributed by atoms with Crippen molar-refractivity contribution in [2.24, 2.45) is 10.8 Å². The third kappa shape index (κ3) is 22.5. The zero-order chi connectivity index (χ0) is 11.1. The lowest BCUT2D eigenvalue weighted by Gasteiger charge is -1.86. The van der Waals surface area contributed by atoms with Gasteiger partial charge < -0.3 is 15.9 Å². The summed E-state index contributed by atoms with van der Waals surface area (Å²) >= 11 is 0. The van der Waals surface area contributed by atoms with Gasteiger partial charge in [0.05, 0.1) is 0 Å². The Morgan fingerprint density at radius 3 is 2.00 bits per heavy atom. The molecule has 0 amide bonds. The Morgan fingerprint density at radius 1 is 1.07 bits per heavy atom. The van der Waals surface area contributed by atoms with Crippen LogP contribution in [0.4, 0.5) is 0 Å². The Labute approximate surface area is 84.4 Å². The molecule has 0 aliphatic rings. The number of hydrogen-bond donors (Lipinski definition) is 3. The summed E-state index contributed by atoms with van der Waals surface area (Å²) in [4.78, 5) is 2.55. The first-order chi connectivity index (χ1) is 6.83. The predicted molar refractivity (Wildman–Crippen MR) is 55.7 cm³/mol. The molecular weight excluding hydrogens is 184 g/mol. The quantitative estimate of drug-likeness (QED) is 0.246. The maximum Gasteiger partial charge on any atom is 0.0431 e.